The van der Waals surface area contributed by atoms with Crippen molar-refractivity contribution in [2.45, 2.75) is 43.7 Å². The van der Waals surface area contributed by atoms with Gasteiger partial charge in [0.15, 0.2) is 0 Å². The Hall–Kier alpha value is -0.770. The lowest BCUT2D eigenvalue weighted by atomic mass is 9.79. The zero-order chi connectivity index (χ0) is 14.8. The molecule has 1 aromatic carbocycles. The Morgan fingerprint density at radius 1 is 1.10 bits per heavy atom. The second-order valence-electron chi connectivity index (χ2n) is 5.46. The number of hydrogen-bond acceptors (Lipinski definition) is 0. The fourth-order valence-corrected chi connectivity index (χ4v) is 3.27. The van der Waals surface area contributed by atoms with Gasteiger partial charge in [-0.3, -0.25) is 0 Å². The summed E-state index contributed by atoms with van der Waals surface area (Å²) >= 11 is 6.28. The predicted octanol–water partition coefficient (Wildman–Crippen LogP) is 5.34. The molecule has 1 saturated carbocycles. The van der Waals surface area contributed by atoms with E-state index in [0.717, 1.165) is 0 Å². The normalized spacial score (nSPS) is 25.4. The molecular weight excluding hydrogens is 292 g/mol. The predicted molar refractivity (Wildman–Crippen MR) is 71.2 cm³/mol. The Labute approximate surface area is 121 Å². The summed E-state index contributed by atoms with van der Waals surface area (Å²) in [5, 5.41) is -0.305. The molecular formula is C15H17ClF4. The quantitative estimate of drug-likeness (QED) is 0.522. The van der Waals surface area contributed by atoms with E-state index in [-0.39, 0.29) is 30.0 Å². The average Bonchev–Trinajstić information content (AvgIpc) is 2.40. The summed E-state index contributed by atoms with van der Waals surface area (Å²) in [6.07, 6.45) is -2.53. The first-order valence-corrected chi connectivity index (χ1v) is 7.25. The minimum absolute atomic E-state index is 0.0369. The van der Waals surface area contributed by atoms with Gasteiger partial charge in [0.1, 0.15) is 5.82 Å². The summed E-state index contributed by atoms with van der Waals surface area (Å²) in [7, 11) is 0. The second kappa shape index (κ2) is 6.33. The summed E-state index contributed by atoms with van der Waals surface area (Å²) in [5.74, 6) is -1.46. The number of hydrogen-bond donors (Lipinski definition) is 0. The largest absolute Gasteiger partial charge is 0.391 e. The van der Waals surface area contributed by atoms with Gasteiger partial charge in [-0.15, -0.1) is 11.6 Å². The van der Waals surface area contributed by atoms with Crippen molar-refractivity contribution >= 4 is 11.6 Å². The van der Waals surface area contributed by atoms with Crippen molar-refractivity contribution in [2.24, 2.45) is 11.8 Å². The van der Waals surface area contributed by atoms with Crippen LogP contribution in [-0.2, 0) is 6.42 Å². The van der Waals surface area contributed by atoms with E-state index in [1.807, 2.05) is 0 Å². The highest BCUT2D eigenvalue weighted by Gasteiger charge is 2.42. The average molecular weight is 309 g/mol. The van der Waals surface area contributed by atoms with Crippen LogP contribution >= 0.6 is 11.6 Å². The number of halogens is 5. The fourth-order valence-electron chi connectivity index (χ4n) is 2.85. The Kier molecular flexibility index (Phi) is 4.95. The minimum Gasteiger partial charge on any atom is -0.207 e. The van der Waals surface area contributed by atoms with E-state index in [9.17, 15) is 17.6 Å². The molecule has 0 bridgehead atoms. The summed E-state index contributed by atoms with van der Waals surface area (Å²) in [5.41, 5.74) is 0.533. The van der Waals surface area contributed by atoms with Crippen LogP contribution in [0.1, 0.15) is 31.2 Å². The van der Waals surface area contributed by atoms with Crippen molar-refractivity contribution in [3.63, 3.8) is 0 Å². The summed E-state index contributed by atoms with van der Waals surface area (Å²) < 4.78 is 51.3. The molecule has 1 fully saturated rings. The van der Waals surface area contributed by atoms with Gasteiger partial charge in [-0.25, -0.2) is 4.39 Å². The van der Waals surface area contributed by atoms with Gasteiger partial charge in [0.05, 0.1) is 5.92 Å². The molecule has 1 unspecified atom stereocenters. The van der Waals surface area contributed by atoms with E-state index in [4.69, 9.17) is 11.6 Å². The van der Waals surface area contributed by atoms with Gasteiger partial charge < -0.3 is 0 Å². The van der Waals surface area contributed by atoms with Crippen LogP contribution in [0.3, 0.4) is 0 Å². The molecule has 0 heterocycles. The van der Waals surface area contributed by atoms with Crippen molar-refractivity contribution in [1.82, 2.24) is 0 Å². The molecule has 2 rings (SSSR count). The van der Waals surface area contributed by atoms with Gasteiger partial charge in [0, 0.05) is 5.38 Å². The Morgan fingerprint density at radius 2 is 1.70 bits per heavy atom. The molecule has 0 spiro atoms. The molecule has 1 atom stereocenters. The maximum Gasteiger partial charge on any atom is 0.391 e. The van der Waals surface area contributed by atoms with Gasteiger partial charge in [-0.1, -0.05) is 18.2 Å². The zero-order valence-electron chi connectivity index (χ0n) is 11.0. The molecule has 0 nitrogen and oxygen atoms in total. The van der Waals surface area contributed by atoms with Crippen molar-refractivity contribution < 1.29 is 17.6 Å². The number of rotatable bonds is 3. The molecule has 20 heavy (non-hydrogen) atoms. The third kappa shape index (κ3) is 3.87. The first kappa shape index (κ1) is 15.6. The van der Waals surface area contributed by atoms with Crippen LogP contribution in [-0.4, -0.2) is 11.6 Å². The number of alkyl halides is 4. The smallest absolute Gasteiger partial charge is 0.207 e. The van der Waals surface area contributed by atoms with Crippen LogP contribution in [0.2, 0.25) is 0 Å². The lowest BCUT2D eigenvalue weighted by molar-refractivity contribution is -0.183. The topological polar surface area (TPSA) is 0 Å². The highest BCUT2D eigenvalue weighted by Crippen LogP contribution is 2.41. The zero-order valence-corrected chi connectivity index (χ0v) is 11.7. The lowest BCUT2D eigenvalue weighted by Gasteiger charge is -2.32. The molecule has 0 saturated heterocycles. The molecule has 1 aliphatic rings. The van der Waals surface area contributed by atoms with Gasteiger partial charge in [0.2, 0.25) is 0 Å². The van der Waals surface area contributed by atoms with Crippen molar-refractivity contribution in [1.29, 1.82) is 0 Å². The van der Waals surface area contributed by atoms with E-state index >= 15 is 0 Å². The molecule has 0 amide bonds. The van der Waals surface area contributed by atoms with E-state index in [0.29, 0.717) is 24.8 Å². The molecule has 0 aromatic heterocycles. The minimum atomic E-state index is -4.10. The van der Waals surface area contributed by atoms with Crippen molar-refractivity contribution in [3.8, 4) is 0 Å². The maximum atomic E-state index is 13.5. The molecule has 0 radical (unpaired) electrons. The van der Waals surface area contributed by atoms with Gasteiger partial charge >= 0.3 is 6.18 Å². The van der Waals surface area contributed by atoms with E-state index < -0.39 is 12.1 Å². The van der Waals surface area contributed by atoms with Crippen LogP contribution in [0.15, 0.2) is 24.3 Å². The van der Waals surface area contributed by atoms with Crippen LogP contribution in [0.5, 0.6) is 0 Å². The molecule has 112 valence electrons. The molecule has 1 aliphatic carbocycles. The molecule has 1 aromatic rings. The highest BCUT2D eigenvalue weighted by molar-refractivity contribution is 6.20. The Bertz CT molecular complexity index is 436. The molecule has 0 N–H and O–H groups in total. The molecule has 0 aliphatic heterocycles. The van der Waals surface area contributed by atoms with Gasteiger partial charge in [-0.2, -0.15) is 13.2 Å². The van der Waals surface area contributed by atoms with Crippen LogP contribution in [0.4, 0.5) is 17.6 Å². The lowest BCUT2D eigenvalue weighted by Crippen LogP contribution is -2.31. The van der Waals surface area contributed by atoms with Gasteiger partial charge in [0.25, 0.3) is 0 Å². The monoisotopic (exact) mass is 308 g/mol. The molecule has 5 heteroatoms. The third-order valence-electron chi connectivity index (χ3n) is 4.12. The first-order valence-electron chi connectivity index (χ1n) is 6.82. The maximum absolute atomic E-state index is 13.5. The number of benzene rings is 1. The van der Waals surface area contributed by atoms with Crippen LogP contribution < -0.4 is 0 Å². The standard InChI is InChI=1S/C15H17ClF4/c16-13(9-11-3-1-2-4-14(11)17)10-5-7-12(8-6-10)15(18,19)20/h1-4,10,12-13H,5-9H2. The van der Waals surface area contributed by atoms with E-state index in [1.165, 1.54) is 6.07 Å². The highest BCUT2D eigenvalue weighted by atomic mass is 35.5. The van der Waals surface area contributed by atoms with Crippen molar-refractivity contribution in [2.75, 3.05) is 0 Å². The van der Waals surface area contributed by atoms with Crippen molar-refractivity contribution in [3.05, 3.63) is 35.6 Å². The summed E-state index contributed by atoms with van der Waals surface area (Å²) in [6.45, 7) is 0. The fraction of sp³-hybridized carbons (Fsp3) is 0.600. The van der Waals surface area contributed by atoms with Crippen LogP contribution in [0, 0.1) is 17.7 Å². The Balaban J connectivity index is 1.89. The Morgan fingerprint density at radius 3 is 2.25 bits per heavy atom. The van der Waals surface area contributed by atoms with Crippen LogP contribution in [0.25, 0.3) is 0 Å². The first-order chi connectivity index (χ1) is 9.38. The summed E-state index contributed by atoms with van der Waals surface area (Å²) in [6, 6.07) is 6.39. The summed E-state index contributed by atoms with van der Waals surface area (Å²) in [4.78, 5) is 0. The second-order valence-corrected chi connectivity index (χ2v) is 6.03. The SMILES string of the molecule is Fc1ccccc1CC(Cl)C1CCC(C(F)(F)F)CC1. The van der Waals surface area contributed by atoms with Gasteiger partial charge in [-0.05, 0) is 49.7 Å². The van der Waals surface area contributed by atoms with E-state index in [1.54, 1.807) is 18.2 Å². The third-order valence-corrected chi connectivity index (χ3v) is 4.63. The van der Waals surface area contributed by atoms with E-state index in [2.05, 4.69) is 0 Å².